The van der Waals surface area contributed by atoms with Gasteiger partial charge in [-0.2, -0.15) is 0 Å². The van der Waals surface area contributed by atoms with Crippen molar-refractivity contribution in [2.45, 2.75) is 386 Å². The van der Waals surface area contributed by atoms with E-state index in [1.807, 2.05) is 0 Å². The number of nitrogens with one attached hydrogen (secondary N) is 1. The Morgan fingerprint density at radius 1 is 0.365 bits per heavy atom. The third-order valence-electron chi connectivity index (χ3n) is 15.7. The number of ether oxygens (including phenoxy) is 1. The van der Waals surface area contributed by atoms with E-state index in [0.29, 0.717) is 25.9 Å². The molecule has 0 aromatic carbocycles. The van der Waals surface area contributed by atoms with Crippen molar-refractivity contribution >= 4 is 11.9 Å². The highest BCUT2D eigenvalue weighted by molar-refractivity contribution is 5.76. The fourth-order valence-electron chi connectivity index (χ4n) is 10.6. The molecule has 0 radical (unpaired) electrons. The molecule has 0 spiro atoms. The molecule has 3 N–H and O–H groups in total. The number of esters is 1. The Balaban J connectivity index is 3.45. The lowest BCUT2D eigenvalue weighted by Crippen LogP contribution is -2.45. The van der Waals surface area contributed by atoms with Gasteiger partial charge >= 0.3 is 5.97 Å². The van der Waals surface area contributed by atoms with Crippen LogP contribution in [0, 0.1) is 0 Å². The Labute approximate surface area is 462 Å². The first-order chi connectivity index (χ1) is 36.5. The van der Waals surface area contributed by atoms with Crippen molar-refractivity contribution in [3.8, 4) is 0 Å². The van der Waals surface area contributed by atoms with Crippen LogP contribution in [-0.2, 0) is 14.3 Å². The van der Waals surface area contributed by atoms with E-state index in [4.69, 9.17) is 4.74 Å². The third-order valence-corrected chi connectivity index (χ3v) is 15.7. The van der Waals surface area contributed by atoms with Gasteiger partial charge in [-0.25, -0.2) is 0 Å². The predicted molar refractivity (Wildman–Crippen MR) is 324 cm³/mol. The highest BCUT2D eigenvalue weighted by Gasteiger charge is 2.20. The van der Waals surface area contributed by atoms with E-state index >= 15 is 0 Å². The Bertz CT molecular complexity index is 1150. The van der Waals surface area contributed by atoms with Gasteiger partial charge in [0.1, 0.15) is 0 Å². The monoisotopic (exact) mass is 1040 g/mol. The van der Waals surface area contributed by atoms with Crippen LogP contribution >= 0.6 is 0 Å². The van der Waals surface area contributed by atoms with Gasteiger partial charge in [0.05, 0.1) is 25.4 Å². The number of rotatable bonds is 63. The minimum absolute atomic E-state index is 0.0122. The van der Waals surface area contributed by atoms with Gasteiger partial charge in [-0.1, -0.05) is 308 Å². The molecule has 0 aliphatic carbocycles. The second-order valence-electron chi connectivity index (χ2n) is 23.1. The Morgan fingerprint density at radius 3 is 0.959 bits per heavy atom. The molecular formula is C68H131NO5. The fourth-order valence-corrected chi connectivity index (χ4v) is 10.6. The molecule has 0 rings (SSSR count). The van der Waals surface area contributed by atoms with E-state index in [-0.39, 0.29) is 18.5 Å². The maximum absolute atomic E-state index is 12.5. The molecule has 0 aliphatic rings. The van der Waals surface area contributed by atoms with E-state index < -0.39 is 12.1 Å². The van der Waals surface area contributed by atoms with Crippen LogP contribution in [0.2, 0.25) is 0 Å². The summed E-state index contributed by atoms with van der Waals surface area (Å²) in [7, 11) is 0. The summed E-state index contributed by atoms with van der Waals surface area (Å²) in [5.74, 6) is -0.0583. The highest BCUT2D eigenvalue weighted by Crippen LogP contribution is 2.18. The van der Waals surface area contributed by atoms with Gasteiger partial charge in [-0.3, -0.25) is 9.59 Å². The molecule has 438 valence electrons. The first-order valence-electron chi connectivity index (χ1n) is 33.6. The van der Waals surface area contributed by atoms with Gasteiger partial charge in [0.25, 0.3) is 0 Å². The lowest BCUT2D eigenvalue weighted by Gasteiger charge is -2.22. The lowest BCUT2D eigenvalue weighted by atomic mass is 10.0. The third kappa shape index (κ3) is 59.6. The normalized spacial score (nSPS) is 12.6. The quantitative estimate of drug-likeness (QED) is 0.0320. The van der Waals surface area contributed by atoms with Gasteiger partial charge in [-0.05, 0) is 77.0 Å². The average Bonchev–Trinajstić information content (AvgIpc) is 3.40. The topological polar surface area (TPSA) is 95.9 Å². The summed E-state index contributed by atoms with van der Waals surface area (Å²) >= 11 is 0. The number of amides is 1. The van der Waals surface area contributed by atoms with Crippen LogP contribution in [0.15, 0.2) is 24.3 Å². The predicted octanol–water partition coefficient (Wildman–Crippen LogP) is 21.4. The first-order valence-corrected chi connectivity index (χ1v) is 33.6. The molecule has 74 heavy (non-hydrogen) atoms. The molecule has 0 bridgehead atoms. The summed E-state index contributed by atoms with van der Waals surface area (Å²) in [4.78, 5) is 24.6. The Kier molecular flexibility index (Phi) is 62.4. The summed E-state index contributed by atoms with van der Waals surface area (Å²) < 4.78 is 5.48. The van der Waals surface area contributed by atoms with Crippen LogP contribution in [0.1, 0.15) is 373 Å². The second-order valence-corrected chi connectivity index (χ2v) is 23.1. The molecule has 0 saturated heterocycles. The molecule has 0 aromatic heterocycles. The van der Waals surface area contributed by atoms with Crippen molar-refractivity contribution in [1.82, 2.24) is 5.32 Å². The number of carbonyl (C=O) groups is 2. The standard InChI is InChI=1S/C68H131NO5/c1-3-5-7-9-11-13-15-17-19-21-22-23-24-25-26-27-28-30-32-36-40-44-48-52-56-60-66(71)65(64-70)69-67(72)61-57-53-49-45-41-37-33-31-35-39-43-47-51-55-59-63-74-68(73)62-58-54-50-46-42-38-34-29-20-18-16-14-12-10-8-6-4-2/h18,20,35,39,65-66,70-71H,3-17,19,21-34,36-38,40-64H2,1-2H3,(H,69,72)/b20-18-,39-35-. The van der Waals surface area contributed by atoms with Gasteiger partial charge < -0.3 is 20.3 Å². The van der Waals surface area contributed by atoms with Crippen molar-refractivity contribution in [3.63, 3.8) is 0 Å². The molecule has 0 heterocycles. The van der Waals surface area contributed by atoms with Crippen molar-refractivity contribution in [2.24, 2.45) is 0 Å². The van der Waals surface area contributed by atoms with Gasteiger partial charge in [-0.15, -0.1) is 0 Å². The van der Waals surface area contributed by atoms with Crippen molar-refractivity contribution in [3.05, 3.63) is 24.3 Å². The molecule has 2 atom stereocenters. The molecule has 0 aromatic rings. The zero-order chi connectivity index (χ0) is 53.6. The van der Waals surface area contributed by atoms with E-state index in [9.17, 15) is 19.8 Å². The zero-order valence-electron chi connectivity index (χ0n) is 50.1. The van der Waals surface area contributed by atoms with Crippen molar-refractivity contribution in [1.29, 1.82) is 0 Å². The molecule has 6 heteroatoms. The van der Waals surface area contributed by atoms with Gasteiger partial charge in [0.2, 0.25) is 5.91 Å². The second kappa shape index (κ2) is 63.9. The lowest BCUT2D eigenvalue weighted by molar-refractivity contribution is -0.143. The highest BCUT2D eigenvalue weighted by atomic mass is 16.5. The fraction of sp³-hybridized carbons (Fsp3) is 0.912. The number of hydrogen-bond acceptors (Lipinski definition) is 5. The van der Waals surface area contributed by atoms with Crippen LogP contribution in [0.4, 0.5) is 0 Å². The van der Waals surface area contributed by atoms with Crippen LogP contribution in [-0.4, -0.2) is 47.4 Å². The van der Waals surface area contributed by atoms with Crippen molar-refractivity contribution < 1.29 is 24.5 Å². The van der Waals surface area contributed by atoms with Gasteiger partial charge in [0, 0.05) is 12.8 Å². The smallest absolute Gasteiger partial charge is 0.305 e. The number of aliphatic hydroxyl groups is 2. The minimum Gasteiger partial charge on any atom is -0.466 e. The zero-order valence-corrected chi connectivity index (χ0v) is 50.1. The number of carbonyl (C=O) groups excluding carboxylic acids is 2. The number of hydrogen-bond donors (Lipinski definition) is 3. The number of aliphatic hydroxyl groups excluding tert-OH is 2. The summed E-state index contributed by atoms with van der Waals surface area (Å²) in [5.41, 5.74) is 0. The SMILES string of the molecule is CCCCCCCC/C=C\CCCCCCCCCC(=O)OCCCCCC/C=C\CCCCCCCCCC(=O)NC(CO)C(O)CCCCCCCCCCCCCCCCCCCCCCCCCCC. The summed E-state index contributed by atoms with van der Waals surface area (Å²) in [6.07, 6.45) is 79.2. The summed E-state index contributed by atoms with van der Waals surface area (Å²) in [6, 6.07) is -0.555. The molecule has 2 unspecified atom stereocenters. The first kappa shape index (κ1) is 72.3. The van der Waals surface area contributed by atoms with E-state index in [1.54, 1.807) is 0 Å². The van der Waals surface area contributed by atoms with Crippen LogP contribution in [0.25, 0.3) is 0 Å². The molecular weight excluding hydrogens is 911 g/mol. The van der Waals surface area contributed by atoms with Crippen LogP contribution < -0.4 is 5.32 Å². The largest absolute Gasteiger partial charge is 0.466 e. The molecule has 1 amide bonds. The Morgan fingerprint density at radius 2 is 0.635 bits per heavy atom. The maximum atomic E-state index is 12.5. The Hall–Kier alpha value is -1.66. The summed E-state index contributed by atoms with van der Waals surface area (Å²) in [6.45, 7) is 4.94. The summed E-state index contributed by atoms with van der Waals surface area (Å²) in [5, 5.41) is 23.4. The maximum Gasteiger partial charge on any atom is 0.305 e. The molecule has 0 saturated carbocycles. The molecule has 0 aliphatic heterocycles. The molecule has 6 nitrogen and oxygen atoms in total. The van der Waals surface area contributed by atoms with E-state index in [0.717, 1.165) is 70.6 Å². The molecule has 0 fully saturated rings. The van der Waals surface area contributed by atoms with Gasteiger partial charge in [0.15, 0.2) is 0 Å². The van der Waals surface area contributed by atoms with Crippen LogP contribution in [0.5, 0.6) is 0 Å². The van der Waals surface area contributed by atoms with Crippen LogP contribution in [0.3, 0.4) is 0 Å². The minimum atomic E-state index is -0.676. The number of allylic oxidation sites excluding steroid dienone is 4. The average molecular weight is 1040 g/mol. The van der Waals surface area contributed by atoms with E-state index in [1.165, 1.54) is 270 Å². The van der Waals surface area contributed by atoms with Crippen molar-refractivity contribution in [2.75, 3.05) is 13.2 Å². The number of unbranched alkanes of at least 4 members (excludes halogenated alkanes) is 48. The van der Waals surface area contributed by atoms with E-state index in [2.05, 4.69) is 43.5 Å².